The number of hydrogen-bond acceptors (Lipinski definition) is 8. The van der Waals surface area contributed by atoms with E-state index in [4.69, 9.17) is 4.52 Å². The first-order valence-electron chi connectivity index (χ1n) is 8.76. The molecule has 0 saturated carbocycles. The number of hydrogen-bond donors (Lipinski definition) is 0. The van der Waals surface area contributed by atoms with Gasteiger partial charge in [-0.1, -0.05) is 37.7 Å². The third-order valence-corrected chi connectivity index (χ3v) is 4.99. The summed E-state index contributed by atoms with van der Waals surface area (Å²) in [7, 11) is 1.47. The maximum absolute atomic E-state index is 12.8. The highest BCUT2D eigenvalue weighted by molar-refractivity contribution is 7.98. The number of aromatic nitrogens is 6. The summed E-state index contributed by atoms with van der Waals surface area (Å²) in [5, 5.41) is 4.64. The maximum Gasteiger partial charge on any atom is 0.332 e. The lowest BCUT2D eigenvalue weighted by atomic mass is 10.2. The van der Waals surface area contributed by atoms with Crippen LogP contribution in [0.2, 0.25) is 0 Å². The van der Waals surface area contributed by atoms with Crippen LogP contribution in [0.25, 0.3) is 11.0 Å². The molecule has 0 aliphatic rings. The molecule has 0 atom stereocenters. The summed E-state index contributed by atoms with van der Waals surface area (Å²) in [6.07, 6.45) is 0.748. The van der Waals surface area contributed by atoms with Gasteiger partial charge in [-0.05, 0) is 13.3 Å². The van der Waals surface area contributed by atoms with Crippen LogP contribution in [0.5, 0.6) is 0 Å². The summed E-state index contributed by atoms with van der Waals surface area (Å²) in [6.45, 7) is 8.14. The van der Waals surface area contributed by atoms with Crippen molar-refractivity contribution < 1.29 is 4.52 Å². The normalized spacial score (nSPS) is 11.6. The molecule has 0 N–H and O–H groups in total. The van der Waals surface area contributed by atoms with Gasteiger partial charge in [0.05, 0.1) is 5.75 Å². The van der Waals surface area contributed by atoms with Crippen molar-refractivity contribution in [2.24, 2.45) is 7.05 Å². The van der Waals surface area contributed by atoms with E-state index in [2.05, 4.69) is 20.1 Å². The Hall–Kier alpha value is -2.49. The van der Waals surface area contributed by atoms with Crippen LogP contribution in [0.15, 0.2) is 19.1 Å². The Morgan fingerprint density at radius 3 is 2.52 bits per heavy atom. The van der Waals surface area contributed by atoms with E-state index in [0.717, 1.165) is 11.0 Å². The minimum atomic E-state index is -0.401. The molecule has 0 aliphatic carbocycles. The van der Waals surface area contributed by atoms with Crippen molar-refractivity contribution in [3.63, 3.8) is 0 Å². The van der Waals surface area contributed by atoms with Gasteiger partial charge >= 0.3 is 5.69 Å². The monoisotopic (exact) mass is 390 g/mol. The van der Waals surface area contributed by atoms with Gasteiger partial charge in [-0.15, -0.1) is 0 Å². The van der Waals surface area contributed by atoms with Crippen LogP contribution >= 0.6 is 11.8 Å². The number of nitrogens with zero attached hydrogens (tertiary/aromatic N) is 6. The minimum absolute atomic E-state index is 0.0497. The second-order valence-electron chi connectivity index (χ2n) is 6.56. The molecule has 9 nitrogen and oxygen atoms in total. The molecule has 0 radical (unpaired) electrons. The predicted molar refractivity (Wildman–Crippen MR) is 102 cm³/mol. The number of fused-ring (bicyclic) bond motifs is 1. The first-order valence-corrected chi connectivity index (χ1v) is 9.75. The van der Waals surface area contributed by atoms with E-state index >= 15 is 0 Å². The van der Waals surface area contributed by atoms with Gasteiger partial charge in [0.2, 0.25) is 5.89 Å². The largest absolute Gasteiger partial charge is 0.338 e. The van der Waals surface area contributed by atoms with Crippen molar-refractivity contribution in [2.45, 2.75) is 57.4 Å². The molecule has 0 spiro atoms. The van der Waals surface area contributed by atoms with Gasteiger partial charge in [0.1, 0.15) is 16.2 Å². The van der Waals surface area contributed by atoms with E-state index in [0.29, 0.717) is 45.9 Å². The maximum atomic E-state index is 12.8. The average Bonchev–Trinajstić information content (AvgIpc) is 3.06. The van der Waals surface area contributed by atoms with Crippen LogP contribution in [0, 0.1) is 6.92 Å². The van der Waals surface area contributed by atoms with Gasteiger partial charge in [-0.2, -0.15) is 4.98 Å². The van der Waals surface area contributed by atoms with Crippen LogP contribution in [0.3, 0.4) is 0 Å². The number of aryl methyl sites for hydroxylation is 2. The zero-order valence-electron chi connectivity index (χ0n) is 16.0. The lowest BCUT2D eigenvalue weighted by molar-refractivity contribution is 0.387. The van der Waals surface area contributed by atoms with E-state index in [1.165, 1.54) is 18.8 Å². The zero-order valence-corrected chi connectivity index (χ0v) is 16.8. The van der Waals surface area contributed by atoms with E-state index in [9.17, 15) is 9.59 Å². The molecule has 10 heteroatoms. The Kier molecular flexibility index (Phi) is 5.45. The molecule has 0 amide bonds. The van der Waals surface area contributed by atoms with Crippen LogP contribution in [0.4, 0.5) is 0 Å². The second kappa shape index (κ2) is 7.63. The van der Waals surface area contributed by atoms with E-state index in [1.54, 1.807) is 11.5 Å². The SMILES string of the molecule is CCCn1c(=O)n(C)c(=O)c2c(SCc3nc(C)no3)nc(C(C)C)nc21. The summed E-state index contributed by atoms with van der Waals surface area (Å²) in [5.41, 5.74) is -0.388. The fourth-order valence-electron chi connectivity index (χ4n) is 2.67. The molecule has 0 saturated heterocycles. The fraction of sp³-hybridized carbons (Fsp3) is 0.529. The van der Waals surface area contributed by atoms with Gasteiger partial charge in [0.25, 0.3) is 5.56 Å². The molecular formula is C17H22N6O3S. The van der Waals surface area contributed by atoms with Gasteiger partial charge < -0.3 is 4.52 Å². The molecule has 144 valence electrons. The molecule has 0 bridgehead atoms. The summed E-state index contributed by atoms with van der Waals surface area (Å²) in [6, 6.07) is 0. The molecule has 0 aliphatic heterocycles. The summed E-state index contributed by atoms with van der Waals surface area (Å²) >= 11 is 1.33. The first kappa shape index (κ1) is 19.3. The van der Waals surface area contributed by atoms with Crippen LogP contribution in [-0.2, 0) is 19.3 Å². The van der Waals surface area contributed by atoms with Crippen molar-refractivity contribution in [3.8, 4) is 0 Å². The summed E-state index contributed by atoms with van der Waals surface area (Å²) in [4.78, 5) is 38.7. The molecule has 3 aromatic rings. The Bertz CT molecular complexity index is 1100. The highest BCUT2D eigenvalue weighted by atomic mass is 32.2. The Balaban J connectivity index is 2.23. The lowest BCUT2D eigenvalue weighted by Crippen LogP contribution is -2.39. The quantitative estimate of drug-likeness (QED) is 0.464. The fourth-order valence-corrected chi connectivity index (χ4v) is 3.53. The molecule has 27 heavy (non-hydrogen) atoms. The standard InChI is InChI=1S/C17H22N6O3S/c1-6-7-23-14-12(16(24)22(5)17(23)25)15(20-13(19-14)9(2)3)27-8-11-18-10(4)21-26-11/h9H,6-8H2,1-5H3. The van der Waals surface area contributed by atoms with Crippen LogP contribution < -0.4 is 11.2 Å². The summed E-state index contributed by atoms with van der Waals surface area (Å²) < 4.78 is 7.80. The summed E-state index contributed by atoms with van der Waals surface area (Å²) in [5.74, 6) is 2.02. The van der Waals surface area contributed by atoms with Crippen LogP contribution in [0.1, 0.15) is 50.6 Å². The predicted octanol–water partition coefficient (Wildman–Crippen LogP) is 2.01. The molecule has 0 aromatic carbocycles. The van der Waals surface area contributed by atoms with Crippen molar-refractivity contribution >= 4 is 22.8 Å². The van der Waals surface area contributed by atoms with Crippen molar-refractivity contribution in [1.82, 2.24) is 29.2 Å². The highest BCUT2D eigenvalue weighted by Crippen LogP contribution is 2.27. The van der Waals surface area contributed by atoms with Crippen molar-refractivity contribution in [2.75, 3.05) is 0 Å². The van der Waals surface area contributed by atoms with E-state index < -0.39 is 5.56 Å². The smallest absolute Gasteiger partial charge is 0.332 e. The minimum Gasteiger partial charge on any atom is -0.338 e. The van der Waals surface area contributed by atoms with E-state index in [-0.39, 0.29) is 11.6 Å². The van der Waals surface area contributed by atoms with Gasteiger partial charge in [0, 0.05) is 19.5 Å². The van der Waals surface area contributed by atoms with Gasteiger partial charge in [0.15, 0.2) is 11.5 Å². The van der Waals surface area contributed by atoms with Crippen molar-refractivity contribution in [3.05, 3.63) is 38.4 Å². The average molecular weight is 390 g/mol. The van der Waals surface area contributed by atoms with Gasteiger partial charge in [-0.3, -0.25) is 13.9 Å². The number of thioether (sulfide) groups is 1. The Morgan fingerprint density at radius 1 is 1.19 bits per heavy atom. The lowest BCUT2D eigenvalue weighted by Gasteiger charge is -2.14. The first-order chi connectivity index (χ1) is 12.8. The second-order valence-corrected chi connectivity index (χ2v) is 7.53. The Morgan fingerprint density at radius 2 is 1.93 bits per heavy atom. The van der Waals surface area contributed by atoms with E-state index in [1.807, 2.05) is 20.8 Å². The van der Waals surface area contributed by atoms with Crippen molar-refractivity contribution in [1.29, 1.82) is 0 Å². The molecular weight excluding hydrogens is 368 g/mol. The third-order valence-electron chi connectivity index (χ3n) is 4.03. The topological polar surface area (TPSA) is 109 Å². The number of rotatable bonds is 6. The molecule has 0 unspecified atom stereocenters. The third kappa shape index (κ3) is 3.66. The Labute approximate surface area is 159 Å². The molecule has 0 fully saturated rings. The van der Waals surface area contributed by atoms with Crippen LogP contribution in [-0.4, -0.2) is 29.2 Å². The molecule has 3 aromatic heterocycles. The molecule has 3 heterocycles. The molecule has 3 rings (SSSR count). The highest BCUT2D eigenvalue weighted by Gasteiger charge is 2.20. The van der Waals surface area contributed by atoms with Gasteiger partial charge in [-0.25, -0.2) is 14.8 Å². The zero-order chi connectivity index (χ0) is 19.7.